The van der Waals surface area contributed by atoms with Crippen molar-refractivity contribution in [3.8, 4) is 0 Å². The van der Waals surface area contributed by atoms with Crippen LogP contribution in [0, 0.1) is 5.41 Å². The summed E-state index contributed by atoms with van der Waals surface area (Å²) in [4.78, 5) is 36.8. The van der Waals surface area contributed by atoms with E-state index >= 15 is 0 Å². The van der Waals surface area contributed by atoms with Gasteiger partial charge in [0.1, 0.15) is 5.00 Å². The van der Waals surface area contributed by atoms with Crippen LogP contribution in [0.5, 0.6) is 0 Å². The van der Waals surface area contributed by atoms with Crippen molar-refractivity contribution in [2.45, 2.75) is 47.5 Å². The van der Waals surface area contributed by atoms with Crippen LogP contribution in [0.15, 0.2) is 6.07 Å². The van der Waals surface area contributed by atoms with Crippen LogP contribution in [0.2, 0.25) is 0 Å². The first-order valence-corrected chi connectivity index (χ1v) is 8.88. The highest BCUT2D eigenvalue weighted by atomic mass is 32.1. The van der Waals surface area contributed by atoms with E-state index in [2.05, 4.69) is 10.6 Å². The number of thiophene rings is 1. The Kier molecular flexibility index (Phi) is 7.41. The lowest BCUT2D eigenvalue weighted by Crippen LogP contribution is -2.36. The van der Waals surface area contributed by atoms with Crippen molar-refractivity contribution in [2.75, 3.05) is 18.5 Å². The molecule has 0 bridgehead atoms. The Hall–Kier alpha value is -1.89. The number of ether oxygens (including phenoxy) is 1. The first-order valence-electron chi connectivity index (χ1n) is 8.07. The predicted octanol–water partition coefficient (Wildman–Crippen LogP) is 2.98. The minimum absolute atomic E-state index is 0.105. The molecule has 2 amide bonds. The van der Waals surface area contributed by atoms with Crippen LogP contribution < -0.4 is 10.6 Å². The van der Waals surface area contributed by atoms with E-state index in [-0.39, 0.29) is 31.4 Å². The fraction of sp³-hybridized carbons (Fsp3) is 0.588. The summed E-state index contributed by atoms with van der Waals surface area (Å²) in [5.74, 6) is -0.795. The molecule has 24 heavy (non-hydrogen) atoms. The Balaban J connectivity index is 2.65. The third kappa shape index (κ3) is 5.96. The van der Waals surface area contributed by atoms with Gasteiger partial charge in [-0.2, -0.15) is 0 Å². The lowest BCUT2D eigenvalue weighted by atomic mass is 9.96. The monoisotopic (exact) mass is 354 g/mol. The molecule has 0 aliphatic rings. The van der Waals surface area contributed by atoms with Crippen LogP contribution in [-0.4, -0.2) is 30.9 Å². The van der Waals surface area contributed by atoms with Gasteiger partial charge in [-0.05, 0) is 19.4 Å². The van der Waals surface area contributed by atoms with Gasteiger partial charge in [0.15, 0.2) is 0 Å². The minimum Gasteiger partial charge on any atom is -0.462 e. The second-order valence-electron chi connectivity index (χ2n) is 6.33. The third-order valence-electron chi connectivity index (χ3n) is 3.20. The normalized spacial score (nSPS) is 11.0. The molecule has 6 nitrogen and oxygen atoms in total. The van der Waals surface area contributed by atoms with Gasteiger partial charge in [0.25, 0.3) is 0 Å². The molecular formula is C17H26N2O4S. The Morgan fingerprint density at radius 3 is 2.42 bits per heavy atom. The Labute approximate surface area is 147 Å². The van der Waals surface area contributed by atoms with E-state index in [1.807, 2.05) is 27.7 Å². The molecular weight excluding hydrogens is 328 g/mol. The van der Waals surface area contributed by atoms with E-state index in [0.29, 0.717) is 10.6 Å². The minimum atomic E-state index is -0.489. The summed E-state index contributed by atoms with van der Waals surface area (Å²) >= 11 is 1.37. The highest BCUT2D eigenvalue weighted by Gasteiger charge is 2.21. The van der Waals surface area contributed by atoms with E-state index in [0.717, 1.165) is 11.3 Å². The van der Waals surface area contributed by atoms with Gasteiger partial charge in [-0.1, -0.05) is 27.7 Å². The summed E-state index contributed by atoms with van der Waals surface area (Å²) in [6, 6.07) is 1.75. The average Bonchev–Trinajstić information content (AvgIpc) is 2.89. The number of rotatable bonds is 7. The van der Waals surface area contributed by atoms with Gasteiger partial charge in [0.2, 0.25) is 11.8 Å². The maximum Gasteiger partial charge on any atom is 0.341 e. The molecule has 0 radical (unpaired) electrons. The summed E-state index contributed by atoms with van der Waals surface area (Å²) in [5, 5.41) is 5.97. The van der Waals surface area contributed by atoms with Gasteiger partial charge in [-0.3, -0.25) is 9.59 Å². The van der Waals surface area contributed by atoms with E-state index in [1.54, 1.807) is 13.0 Å². The number of hydrogen-bond acceptors (Lipinski definition) is 5. The fourth-order valence-corrected chi connectivity index (χ4v) is 2.81. The zero-order valence-electron chi connectivity index (χ0n) is 14.9. The predicted molar refractivity (Wildman–Crippen MR) is 95.4 cm³/mol. The van der Waals surface area contributed by atoms with Crippen molar-refractivity contribution >= 4 is 34.1 Å². The zero-order chi connectivity index (χ0) is 18.3. The summed E-state index contributed by atoms with van der Waals surface area (Å²) in [7, 11) is 0. The molecule has 1 rings (SSSR count). The molecule has 0 spiro atoms. The standard InChI is InChI=1S/C17H26N2O4S/c1-6-11-10-12(15(21)23-7-2)14(24-11)19-13(20)8-9-18-16(22)17(3,4)5/h10H,6-9H2,1-5H3,(H,18,22)(H,19,20). The molecule has 0 saturated heterocycles. The van der Waals surface area contributed by atoms with Crippen molar-refractivity contribution in [1.82, 2.24) is 5.32 Å². The maximum absolute atomic E-state index is 12.1. The zero-order valence-corrected chi connectivity index (χ0v) is 15.8. The fourth-order valence-electron chi connectivity index (χ4n) is 1.81. The van der Waals surface area contributed by atoms with Crippen LogP contribution in [0.1, 0.15) is 56.3 Å². The Morgan fingerprint density at radius 1 is 1.21 bits per heavy atom. The van der Waals surface area contributed by atoms with Crippen molar-refractivity contribution in [3.05, 3.63) is 16.5 Å². The summed E-state index contributed by atoms with van der Waals surface area (Å²) in [5.41, 5.74) is -0.108. The number of anilines is 1. The lowest BCUT2D eigenvalue weighted by Gasteiger charge is -2.17. The summed E-state index contributed by atoms with van der Waals surface area (Å²) in [6.07, 6.45) is 0.915. The van der Waals surface area contributed by atoms with Gasteiger partial charge < -0.3 is 15.4 Å². The van der Waals surface area contributed by atoms with Crippen molar-refractivity contribution in [3.63, 3.8) is 0 Å². The Bertz CT molecular complexity index is 602. The second-order valence-corrected chi connectivity index (χ2v) is 7.47. The molecule has 2 N–H and O–H groups in total. The summed E-state index contributed by atoms with van der Waals surface area (Å²) in [6.45, 7) is 9.68. The highest BCUT2D eigenvalue weighted by Crippen LogP contribution is 2.29. The van der Waals surface area contributed by atoms with Gasteiger partial charge in [-0.15, -0.1) is 11.3 Å². The molecule has 0 unspecified atom stereocenters. The molecule has 0 aliphatic carbocycles. The van der Waals surface area contributed by atoms with Gasteiger partial charge in [0.05, 0.1) is 12.2 Å². The number of nitrogens with one attached hydrogen (secondary N) is 2. The Morgan fingerprint density at radius 2 is 1.88 bits per heavy atom. The quantitative estimate of drug-likeness (QED) is 0.737. The van der Waals surface area contributed by atoms with E-state index in [4.69, 9.17) is 4.74 Å². The van der Waals surface area contributed by atoms with E-state index in [9.17, 15) is 14.4 Å². The van der Waals surface area contributed by atoms with Gasteiger partial charge in [0, 0.05) is 23.3 Å². The van der Waals surface area contributed by atoms with Crippen molar-refractivity contribution < 1.29 is 19.1 Å². The number of hydrogen-bond donors (Lipinski definition) is 2. The number of aryl methyl sites for hydroxylation is 1. The molecule has 0 aromatic carbocycles. The van der Waals surface area contributed by atoms with Gasteiger partial charge in [-0.25, -0.2) is 4.79 Å². The highest BCUT2D eigenvalue weighted by molar-refractivity contribution is 7.16. The van der Waals surface area contributed by atoms with Crippen LogP contribution in [0.4, 0.5) is 5.00 Å². The molecule has 0 atom stereocenters. The topological polar surface area (TPSA) is 84.5 Å². The summed E-state index contributed by atoms with van der Waals surface area (Å²) < 4.78 is 5.02. The number of amides is 2. The molecule has 7 heteroatoms. The van der Waals surface area contributed by atoms with Crippen LogP contribution >= 0.6 is 11.3 Å². The largest absolute Gasteiger partial charge is 0.462 e. The van der Waals surface area contributed by atoms with Crippen molar-refractivity contribution in [2.24, 2.45) is 5.41 Å². The number of carbonyl (C=O) groups is 3. The molecule has 0 fully saturated rings. The smallest absolute Gasteiger partial charge is 0.341 e. The maximum atomic E-state index is 12.1. The molecule has 1 aromatic rings. The number of carbonyl (C=O) groups excluding carboxylic acids is 3. The molecule has 1 heterocycles. The molecule has 134 valence electrons. The van der Waals surface area contributed by atoms with E-state index < -0.39 is 11.4 Å². The van der Waals surface area contributed by atoms with Gasteiger partial charge >= 0.3 is 5.97 Å². The SMILES string of the molecule is CCOC(=O)c1cc(CC)sc1NC(=O)CCNC(=O)C(C)(C)C. The molecule has 1 aromatic heterocycles. The third-order valence-corrected chi connectivity index (χ3v) is 4.39. The first-order chi connectivity index (χ1) is 11.2. The second kappa shape index (κ2) is 8.82. The molecule has 0 saturated carbocycles. The van der Waals surface area contributed by atoms with Crippen LogP contribution in [-0.2, 0) is 20.7 Å². The average molecular weight is 354 g/mol. The van der Waals surface area contributed by atoms with Crippen LogP contribution in [0.25, 0.3) is 0 Å². The number of esters is 1. The lowest BCUT2D eigenvalue weighted by molar-refractivity contribution is -0.128. The van der Waals surface area contributed by atoms with Crippen LogP contribution in [0.3, 0.4) is 0 Å². The first kappa shape index (κ1) is 20.2. The van der Waals surface area contributed by atoms with Crippen molar-refractivity contribution in [1.29, 1.82) is 0 Å². The van der Waals surface area contributed by atoms with E-state index in [1.165, 1.54) is 11.3 Å². The molecule has 0 aliphatic heterocycles.